The molecular weight excluding hydrogens is 331 g/mol. The topological polar surface area (TPSA) is 76.9 Å². The van der Waals surface area contributed by atoms with E-state index in [0.29, 0.717) is 17.4 Å². The molecule has 1 aromatic heterocycles. The molecule has 0 bridgehead atoms. The van der Waals surface area contributed by atoms with E-state index in [0.717, 1.165) is 11.9 Å². The molecule has 1 amide bonds. The van der Waals surface area contributed by atoms with Crippen molar-refractivity contribution < 1.29 is 14.0 Å². The molecule has 2 aromatic rings. The van der Waals surface area contributed by atoms with Crippen molar-refractivity contribution in [2.24, 2.45) is 0 Å². The van der Waals surface area contributed by atoms with E-state index >= 15 is 0 Å². The Labute approximate surface area is 143 Å². The van der Waals surface area contributed by atoms with E-state index in [2.05, 4.69) is 22.1 Å². The number of anilines is 1. The first-order chi connectivity index (χ1) is 11.4. The maximum Gasteiger partial charge on any atom is 0.221 e. The number of ketones is 1. The molecule has 2 rings (SSSR count). The SMILES string of the molecule is C=CCn1c(C)nnc1SCC(=O)c1ccc(NC(C)=O)cc1F. The highest BCUT2D eigenvalue weighted by atomic mass is 32.2. The van der Waals surface area contributed by atoms with Crippen LogP contribution in [0.2, 0.25) is 0 Å². The van der Waals surface area contributed by atoms with Crippen LogP contribution in [0.25, 0.3) is 0 Å². The molecule has 1 heterocycles. The van der Waals surface area contributed by atoms with Gasteiger partial charge in [-0.2, -0.15) is 0 Å². The van der Waals surface area contributed by atoms with Gasteiger partial charge in [0.2, 0.25) is 5.91 Å². The summed E-state index contributed by atoms with van der Waals surface area (Å²) in [6.07, 6.45) is 1.71. The molecule has 1 N–H and O–H groups in total. The average Bonchev–Trinajstić information content (AvgIpc) is 2.85. The van der Waals surface area contributed by atoms with Gasteiger partial charge in [0, 0.05) is 19.2 Å². The van der Waals surface area contributed by atoms with Gasteiger partial charge in [0.1, 0.15) is 11.6 Å². The zero-order valence-electron chi connectivity index (χ0n) is 13.4. The lowest BCUT2D eigenvalue weighted by Crippen LogP contribution is -2.10. The Bertz CT molecular complexity index is 788. The summed E-state index contributed by atoms with van der Waals surface area (Å²) in [6, 6.07) is 3.99. The molecule has 0 radical (unpaired) electrons. The molecule has 0 spiro atoms. The smallest absolute Gasteiger partial charge is 0.221 e. The molecule has 0 fully saturated rings. The fraction of sp³-hybridized carbons (Fsp3) is 0.250. The molecule has 126 valence electrons. The number of benzene rings is 1. The quantitative estimate of drug-likeness (QED) is 0.473. The molecule has 8 heteroatoms. The van der Waals surface area contributed by atoms with E-state index in [9.17, 15) is 14.0 Å². The van der Waals surface area contributed by atoms with Gasteiger partial charge < -0.3 is 9.88 Å². The highest BCUT2D eigenvalue weighted by molar-refractivity contribution is 7.99. The van der Waals surface area contributed by atoms with Crippen LogP contribution in [0.4, 0.5) is 10.1 Å². The van der Waals surface area contributed by atoms with Crippen LogP contribution in [-0.2, 0) is 11.3 Å². The second-order valence-electron chi connectivity index (χ2n) is 5.02. The van der Waals surface area contributed by atoms with Crippen molar-refractivity contribution in [2.75, 3.05) is 11.1 Å². The van der Waals surface area contributed by atoms with E-state index in [-0.39, 0.29) is 23.0 Å². The van der Waals surface area contributed by atoms with Crippen LogP contribution in [0.1, 0.15) is 23.1 Å². The number of halogens is 1. The number of aromatic nitrogens is 3. The number of nitrogens with zero attached hydrogens (tertiary/aromatic N) is 3. The van der Waals surface area contributed by atoms with E-state index < -0.39 is 5.82 Å². The van der Waals surface area contributed by atoms with E-state index in [1.807, 2.05) is 11.5 Å². The first-order valence-corrected chi connectivity index (χ1v) is 8.14. The molecule has 0 aliphatic heterocycles. The largest absolute Gasteiger partial charge is 0.326 e. The molecule has 0 atom stereocenters. The summed E-state index contributed by atoms with van der Waals surface area (Å²) < 4.78 is 15.9. The summed E-state index contributed by atoms with van der Waals surface area (Å²) in [5.74, 6) is -0.587. The molecule has 0 aliphatic rings. The van der Waals surface area contributed by atoms with Crippen molar-refractivity contribution in [3.05, 3.63) is 48.1 Å². The molecule has 0 aliphatic carbocycles. The van der Waals surface area contributed by atoms with Crippen LogP contribution >= 0.6 is 11.8 Å². The van der Waals surface area contributed by atoms with Crippen LogP contribution in [-0.4, -0.2) is 32.2 Å². The Morgan fingerprint density at radius 3 is 2.79 bits per heavy atom. The van der Waals surface area contributed by atoms with E-state index in [1.54, 1.807) is 6.08 Å². The summed E-state index contributed by atoms with van der Waals surface area (Å²) >= 11 is 1.19. The Balaban J connectivity index is 2.08. The number of nitrogens with one attached hydrogen (secondary N) is 1. The summed E-state index contributed by atoms with van der Waals surface area (Å²) in [6.45, 7) is 7.34. The number of hydrogen-bond acceptors (Lipinski definition) is 5. The standard InChI is InChI=1S/C16H17FN4O2S/c1-4-7-21-10(2)19-20-16(21)24-9-15(23)13-6-5-12(8-14(13)17)18-11(3)22/h4-6,8H,1,7,9H2,2-3H3,(H,18,22). The number of aryl methyl sites for hydroxylation is 1. The van der Waals surface area contributed by atoms with Crippen LogP contribution in [0.15, 0.2) is 36.0 Å². The lowest BCUT2D eigenvalue weighted by Gasteiger charge is -2.07. The van der Waals surface area contributed by atoms with Crippen molar-refractivity contribution in [1.29, 1.82) is 0 Å². The van der Waals surface area contributed by atoms with Crippen molar-refractivity contribution in [3.63, 3.8) is 0 Å². The van der Waals surface area contributed by atoms with Crippen molar-refractivity contribution >= 4 is 29.1 Å². The van der Waals surface area contributed by atoms with Gasteiger partial charge in [-0.1, -0.05) is 17.8 Å². The maximum atomic E-state index is 14.1. The van der Waals surface area contributed by atoms with Gasteiger partial charge in [-0.25, -0.2) is 4.39 Å². The van der Waals surface area contributed by atoms with Gasteiger partial charge in [-0.15, -0.1) is 16.8 Å². The highest BCUT2D eigenvalue weighted by Gasteiger charge is 2.15. The van der Waals surface area contributed by atoms with Gasteiger partial charge in [0.05, 0.1) is 11.3 Å². The first-order valence-electron chi connectivity index (χ1n) is 7.16. The summed E-state index contributed by atoms with van der Waals surface area (Å²) in [5.41, 5.74) is 0.286. The summed E-state index contributed by atoms with van der Waals surface area (Å²) in [5, 5.41) is 11.0. The number of thioether (sulfide) groups is 1. The predicted molar refractivity (Wildman–Crippen MR) is 90.7 cm³/mol. The zero-order chi connectivity index (χ0) is 17.7. The number of rotatable bonds is 7. The third kappa shape index (κ3) is 4.29. The second-order valence-corrected chi connectivity index (χ2v) is 5.96. The van der Waals surface area contributed by atoms with E-state index in [1.165, 1.54) is 30.8 Å². The third-order valence-corrected chi connectivity index (χ3v) is 4.10. The van der Waals surface area contributed by atoms with Crippen LogP contribution in [0, 0.1) is 12.7 Å². The predicted octanol–water partition coefficient (Wildman–Crippen LogP) is 2.85. The fourth-order valence-corrected chi connectivity index (χ4v) is 2.91. The second kappa shape index (κ2) is 7.87. The number of amides is 1. The summed E-state index contributed by atoms with van der Waals surface area (Å²) in [4.78, 5) is 23.2. The number of carbonyl (C=O) groups is 2. The fourth-order valence-electron chi connectivity index (χ4n) is 2.04. The van der Waals surface area contributed by atoms with Gasteiger partial charge in [0.25, 0.3) is 0 Å². The monoisotopic (exact) mass is 348 g/mol. The Morgan fingerprint density at radius 2 is 2.17 bits per heavy atom. The number of Topliss-reactive ketones (excluding diaryl/α,β-unsaturated/α-hetero) is 1. The molecule has 6 nitrogen and oxygen atoms in total. The Hall–Kier alpha value is -2.48. The van der Waals surface area contributed by atoms with Crippen LogP contribution in [0.5, 0.6) is 0 Å². The molecule has 24 heavy (non-hydrogen) atoms. The average molecular weight is 348 g/mol. The highest BCUT2D eigenvalue weighted by Crippen LogP contribution is 2.21. The number of allylic oxidation sites excluding steroid dienone is 1. The minimum absolute atomic E-state index is 0.0249. The Morgan fingerprint density at radius 1 is 1.42 bits per heavy atom. The van der Waals surface area contributed by atoms with Gasteiger partial charge in [-0.05, 0) is 25.1 Å². The molecule has 0 saturated carbocycles. The summed E-state index contributed by atoms with van der Waals surface area (Å²) in [7, 11) is 0. The van der Waals surface area contributed by atoms with Gasteiger partial charge >= 0.3 is 0 Å². The lowest BCUT2D eigenvalue weighted by atomic mass is 10.1. The molecule has 1 aromatic carbocycles. The van der Waals surface area contributed by atoms with Crippen molar-refractivity contribution in [3.8, 4) is 0 Å². The number of carbonyl (C=O) groups excluding carboxylic acids is 2. The van der Waals surface area contributed by atoms with Gasteiger partial charge in [0.15, 0.2) is 10.9 Å². The van der Waals surface area contributed by atoms with Crippen molar-refractivity contribution in [1.82, 2.24) is 14.8 Å². The van der Waals surface area contributed by atoms with E-state index in [4.69, 9.17) is 0 Å². The first kappa shape index (κ1) is 17.9. The van der Waals surface area contributed by atoms with Gasteiger partial charge in [-0.3, -0.25) is 9.59 Å². The van der Waals surface area contributed by atoms with Crippen LogP contribution in [0.3, 0.4) is 0 Å². The normalized spacial score (nSPS) is 10.5. The van der Waals surface area contributed by atoms with Crippen molar-refractivity contribution in [2.45, 2.75) is 25.5 Å². The third-order valence-electron chi connectivity index (χ3n) is 3.14. The zero-order valence-corrected chi connectivity index (χ0v) is 14.2. The molecular formula is C16H17FN4O2S. The minimum Gasteiger partial charge on any atom is -0.326 e. The minimum atomic E-state index is -0.671. The van der Waals surface area contributed by atoms with Crippen LogP contribution < -0.4 is 5.32 Å². The molecule has 0 unspecified atom stereocenters. The maximum absolute atomic E-state index is 14.1. The Kier molecular flexibility index (Phi) is 5.86. The number of hydrogen-bond donors (Lipinski definition) is 1. The molecule has 0 saturated heterocycles. The lowest BCUT2D eigenvalue weighted by molar-refractivity contribution is -0.114.